The highest BCUT2D eigenvalue weighted by molar-refractivity contribution is 7.91. The van der Waals surface area contributed by atoms with Crippen LogP contribution in [0.15, 0.2) is 18.2 Å². The Morgan fingerprint density at radius 1 is 1.38 bits per heavy atom. The lowest BCUT2D eigenvalue weighted by Crippen LogP contribution is -2.22. The second-order valence-electron chi connectivity index (χ2n) is 6.28. The van der Waals surface area contributed by atoms with E-state index in [-0.39, 0.29) is 17.6 Å². The Kier molecular flexibility index (Phi) is 5.27. The average molecular weight is 311 g/mol. The van der Waals surface area contributed by atoms with E-state index in [1.807, 2.05) is 12.1 Å². The predicted octanol–water partition coefficient (Wildman–Crippen LogP) is 2.31. The van der Waals surface area contributed by atoms with Gasteiger partial charge < -0.3 is 10.1 Å². The molecule has 5 heteroatoms. The van der Waals surface area contributed by atoms with E-state index in [0.29, 0.717) is 12.3 Å². The fraction of sp³-hybridized carbons (Fsp3) is 0.625. The van der Waals surface area contributed by atoms with Crippen LogP contribution in [0.4, 0.5) is 0 Å². The predicted molar refractivity (Wildman–Crippen MR) is 85.4 cm³/mol. The monoisotopic (exact) mass is 311 g/mol. The number of nitrogens with one attached hydrogen (secondary N) is 1. The normalized spacial score (nSPS) is 20.9. The van der Waals surface area contributed by atoms with Gasteiger partial charge in [0.1, 0.15) is 11.9 Å². The molecule has 1 aliphatic heterocycles. The van der Waals surface area contributed by atoms with Gasteiger partial charge in [0.15, 0.2) is 9.84 Å². The zero-order valence-corrected chi connectivity index (χ0v) is 13.9. The molecule has 118 valence electrons. The number of aryl methyl sites for hydroxylation is 1. The molecular formula is C16H25NO3S. The van der Waals surface area contributed by atoms with E-state index in [2.05, 4.69) is 32.2 Å². The van der Waals surface area contributed by atoms with Gasteiger partial charge in [-0.2, -0.15) is 0 Å². The molecule has 0 bridgehead atoms. The zero-order valence-electron chi connectivity index (χ0n) is 13.1. The van der Waals surface area contributed by atoms with Gasteiger partial charge >= 0.3 is 0 Å². The fourth-order valence-corrected chi connectivity index (χ4v) is 4.08. The highest BCUT2D eigenvalue weighted by Crippen LogP contribution is 2.24. The van der Waals surface area contributed by atoms with Crippen molar-refractivity contribution >= 4 is 9.84 Å². The van der Waals surface area contributed by atoms with E-state index in [9.17, 15) is 8.42 Å². The summed E-state index contributed by atoms with van der Waals surface area (Å²) in [6.07, 6.45) is 0.385. The number of hydrogen-bond acceptors (Lipinski definition) is 4. The van der Waals surface area contributed by atoms with E-state index in [1.165, 1.54) is 5.56 Å². The van der Waals surface area contributed by atoms with Gasteiger partial charge in [-0.25, -0.2) is 8.42 Å². The highest BCUT2D eigenvalue weighted by Gasteiger charge is 2.29. The molecule has 1 fully saturated rings. The van der Waals surface area contributed by atoms with Crippen LogP contribution < -0.4 is 10.1 Å². The van der Waals surface area contributed by atoms with Gasteiger partial charge in [-0.05, 0) is 31.9 Å². The quantitative estimate of drug-likeness (QED) is 0.876. The molecule has 1 aromatic carbocycles. The minimum Gasteiger partial charge on any atom is -0.489 e. The maximum absolute atomic E-state index is 11.5. The first-order valence-corrected chi connectivity index (χ1v) is 9.35. The Labute approximate surface area is 127 Å². The number of ether oxygens (including phenoxy) is 1. The van der Waals surface area contributed by atoms with Crippen molar-refractivity contribution in [2.75, 3.05) is 18.1 Å². The van der Waals surface area contributed by atoms with Crippen LogP contribution in [0, 0.1) is 12.8 Å². The smallest absolute Gasteiger partial charge is 0.154 e. The summed E-state index contributed by atoms with van der Waals surface area (Å²) in [4.78, 5) is 0. The molecule has 1 aromatic rings. The molecule has 1 aliphatic rings. The van der Waals surface area contributed by atoms with Crippen molar-refractivity contribution in [2.45, 2.75) is 39.8 Å². The molecule has 1 heterocycles. The Bertz CT molecular complexity index is 581. The van der Waals surface area contributed by atoms with Crippen molar-refractivity contribution in [1.29, 1.82) is 0 Å². The summed E-state index contributed by atoms with van der Waals surface area (Å²) < 4.78 is 29.0. The lowest BCUT2D eigenvalue weighted by Gasteiger charge is -2.17. The van der Waals surface area contributed by atoms with Crippen molar-refractivity contribution in [2.24, 2.45) is 5.92 Å². The van der Waals surface area contributed by atoms with Gasteiger partial charge in [-0.15, -0.1) is 0 Å². The third-order valence-corrected chi connectivity index (χ3v) is 5.31. The summed E-state index contributed by atoms with van der Waals surface area (Å²) in [6, 6.07) is 6.06. The van der Waals surface area contributed by atoms with Crippen molar-refractivity contribution < 1.29 is 13.2 Å². The van der Waals surface area contributed by atoms with Crippen molar-refractivity contribution in [3.8, 4) is 5.75 Å². The molecular weight excluding hydrogens is 286 g/mol. The first-order chi connectivity index (χ1) is 9.85. The zero-order chi connectivity index (χ0) is 15.5. The van der Waals surface area contributed by atoms with Crippen LogP contribution in [0.25, 0.3) is 0 Å². The fourth-order valence-electron chi connectivity index (χ4n) is 2.49. The van der Waals surface area contributed by atoms with Crippen LogP contribution in [-0.4, -0.2) is 32.6 Å². The third kappa shape index (κ3) is 5.00. The van der Waals surface area contributed by atoms with E-state index in [4.69, 9.17) is 4.74 Å². The minimum atomic E-state index is -2.91. The van der Waals surface area contributed by atoms with Crippen LogP contribution in [-0.2, 0) is 16.4 Å². The summed E-state index contributed by atoms with van der Waals surface area (Å²) in [5.41, 5.74) is 2.28. The van der Waals surface area contributed by atoms with Gasteiger partial charge in [0, 0.05) is 12.1 Å². The number of benzene rings is 1. The van der Waals surface area contributed by atoms with Crippen molar-refractivity contribution in [3.63, 3.8) is 0 Å². The summed E-state index contributed by atoms with van der Waals surface area (Å²) in [6.45, 7) is 8.09. The Morgan fingerprint density at radius 2 is 2.14 bits per heavy atom. The summed E-state index contributed by atoms with van der Waals surface area (Å²) in [7, 11) is -2.91. The second-order valence-corrected chi connectivity index (χ2v) is 8.51. The standard InChI is InChI=1S/C16H25NO3S/c1-12(2)9-17-10-14-8-13(3)4-5-16(14)20-15-6-7-21(18,19)11-15/h4-5,8,12,15,17H,6-7,9-11H2,1-3H3. The van der Waals surface area contributed by atoms with Crippen LogP contribution >= 0.6 is 0 Å². The van der Waals surface area contributed by atoms with E-state index in [1.54, 1.807) is 0 Å². The summed E-state index contributed by atoms with van der Waals surface area (Å²) in [5.74, 6) is 1.78. The first-order valence-electron chi connectivity index (χ1n) is 7.53. The molecule has 1 N–H and O–H groups in total. The molecule has 0 aliphatic carbocycles. The number of rotatable bonds is 6. The molecule has 0 aromatic heterocycles. The first kappa shape index (κ1) is 16.3. The molecule has 0 spiro atoms. The van der Waals surface area contributed by atoms with Crippen molar-refractivity contribution in [1.82, 2.24) is 5.32 Å². The van der Waals surface area contributed by atoms with Crippen molar-refractivity contribution in [3.05, 3.63) is 29.3 Å². The molecule has 4 nitrogen and oxygen atoms in total. The minimum absolute atomic E-state index is 0.139. The molecule has 21 heavy (non-hydrogen) atoms. The molecule has 0 saturated carbocycles. The van der Waals surface area contributed by atoms with E-state index >= 15 is 0 Å². The van der Waals surface area contributed by atoms with Crippen LogP contribution in [0.3, 0.4) is 0 Å². The SMILES string of the molecule is Cc1ccc(OC2CCS(=O)(=O)C2)c(CNCC(C)C)c1. The lowest BCUT2D eigenvalue weighted by atomic mass is 10.1. The van der Waals surface area contributed by atoms with Gasteiger partial charge in [-0.3, -0.25) is 0 Å². The topological polar surface area (TPSA) is 55.4 Å². The second kappa shape index (κ2) is 6.79. The maximum atomic E-state index is 11.5. The molecule has 1 unspecified atom stereocenters. The van der Waals surface area contributed by atoms with Gasteiger partial charge in [0.05, 0.1) is 11.5 Å². The van der Waals surface area contributed by atoms with Crippen LogP contribution in [0.5, 0.6) is 5.75 Å². The molecule has 2 rings (SSSR count). The Morgan fingerprint density at radius 3 is 2.76 bits per heavy atom. The third-order valence-electron chi connectivity index (χ3n) is 3.57. The Balaban J connectivity index is 2.04. The van der Waals surface area contributed by atoms with Crippen LogP contribution in [0.2, 0.25) is 0 Å². The molecule has 1 saturated heterocycles. The lowest BCUT2D eigenvalue weighted by molar-refractivity contribution is 0.226. The molecule has 0 radical (unpaired) electrons. The summed E-state index contributed by atoms with van der Waals surface area (Å²) in [5, 5.41) is 3.41. The molecule has 0 amide bonds. The van der Waals surface area contributed by atoms with Gasteiger partial charge in [0.25, 0.3) is 0 Å². The van der Waals surface area contributed by atoms with E-state index < -0.39 is 9.84 Å². The van der Waals surface area contributed by atoms with Gasteiger partial charge in [0.2, 0.25) is 0 Å². The van der Waals surface area contributed by atoms with E-state index in [0.717, 1.165) is 24.4 Å². The number of sulfone groups is 1. The van der Waals surface area contributed by atoms with Gasteiger partial charge in [-0.1, -0.05) is 31.5 Å². The highest BCUT2D eigenvalue weighted by atomic mass is 32.2. The Hall–Kier alpha value is -1.07. The molecule has 1 atom stereocenters. The number of hydrogen-bond donors (Lipinski definition) is 1. The average Bonchev–Trinajstić information content (AvgIpc) is 2.71. The maximum Gasteiger partial charge on any atom is 0.154 e. The van der Waals surface area contributed by atoms with Crippen LogP contribution in [0.1, 0.15) is 31.4 Å². The largest absolute Gasteiger partial charge is 0.489 e. The summed E-state index contributed by atoms with van der Waals surface area (Å²) >= 11 is 0.